The van der Waals surface area contributed by atoms with E-state index in [0.29, 0.717) is 25.2 Å². The lowest BCUT2D eigenvalue weighted by Gasteiger charge is -2.35. The fraction of sp³-hybridized carbons (Fsp3) is 0.333. The maximum atomic E-state index is 12.4. The van der Waals surface area contributed by atoms with E-state index in [2.05, 4.69) is 9.88 Å². The van der Waals surface area contributed by atoms with E-state index in [1.165, 1.54) is 12.3 Å². The summed E-state index contributed by atoms with van der Waals surface area (Å²) in [7, 11) is 0. The molecule has 1 fully saturated rings. The first-order valence-electron chi connectivity index (χ1n) is 8.07. The van der Waals surface area contributed by atoms with Gasteiger partial charge in [-0.2, -0.15) is 0 Å². The number of amides is 1. The lowest BCUT2D eigenvalue weighted by Crippen LogP contribution is -2.49. The van der Waals surface area contributed by atoms with Gasteiger partial charge in [-0.3, -0.25) is 14.5 Å². The average molecular weight is 327 g/mol. The van der Waals surface area contributed by atoms with Crippen LogP contribution in [0.4, 0.5) is 0 Å². The smallest absolute Gasteiger partial charge is 0.255 e. The number of aliphatic hydroxyl groups excluding tert-OH is 1. The van der Waals surface area contributed by atoms with Crippen LogP contribution >= 0.6 is 0 Å². The molecule has 3 rings (SSSR count). The molecule has 1 saturated heterocycles. The molecule has 0 spiro atoms. The highest BCUT2D eigenvalue weighted by Crippen LogP contribution is 2.15. The van der Waals surface area contributed by atoms with E-state index in [0.717, 1.165) is 18.7 Å². The van der Waals surface area contributed by atoms with E-state index < -0.39 is 6.10 Å². The van der Waals surface area contributed by atoms with Crippen molar-refractivity contribution in [1.82, 2.24) is 14.8 Å². The quantitative estimate of drug-likeness (QED) is 0.873. The van der Waals surface area contributed by atoms with E-state index in [1.54, 1.807) is 11.0 Å². The number of nitrogens with one attached hydrogen (secondary N) is 1. The number of hydrogen-bond donors (Lipinski definition) is 2. The zero-order chi connectivity index (χ0) is 16.9. The third-order valence-electron chi connectivity index (χ3n) is 4.31. The summed E-state index contributed by atoms with van der Waals surface area (Å²) in [5.74, 6) is -0.0745. The Morgan fingerprint density at radius 1 is 1.08 bits per heavy atom. The van der Waals surface area contributed by atoms with Crippen LogP contribution in [0.2, 0.25) is 0 Å². The number of carbonyl (C=O) groups excluding carboxylic acids is 1. The van der Waals surface area contributed by atoms with Gasteiger partial charge in [0.2, 0.25) is 5.56 Å². The number of aromatic nitrogens is 1. The van der Waals surface area contributed by atoms with Crippen molar-refractivity contribution < 1.29 is 9.90 Å². The fourth-order valence-electron chi connectivity index (χ4n) is 2.88. The third-order valence-corrected chi connectivity index (χ3v) is 4.31. The van der Waals surface area contributed by atoms with Crippen molar-refractivity contribution in [2.75, 3.05) is 32.7 Å². The summed E-state index contributed by atoms with van der Waals surface area (Å²) in [6.07, 6.45) is 0.934. The standard InChI is InChI=1S/C18H21N3O3/c22-16(14-4-2-1-3-5-14)13-20-8-10-21(11-9-20)18(24)15-6-7-17(23)19-12-15/h1-7,12,16,22H,8-11,13H2,(H,19,23). The molecule has 1 aliphatic heterocycles. The highest BCUT2D eigenvalue weighted by molar-refractivity contribution is 5.93. The van der Waals surface area contributed by atoms with Gasteiger partial charge in [-0.25, -0.2) is 0 Å². The molecule has 0 saturated carbocycles. The predicted molar refractivity (Wildman–Crippen MR) is 90.8 cm³/mol. The zero-order valence-corrected chi connectivity index (χ0v) is 13.4. The number of hydrogen-bond acceptors (Lipinski definition) is 4. The first-order valence-corrected chi connectivity index (χ1v) is 8.07. The van der Waals surface area contributed by atoms with E-state index in [9.17, 15) is 14.7 Å². The van der Waals surface area contributed by atoms with Crippen molar-refractivity contribution in [3.05, 3.63) is 70.1 Å². The minimum atomic E-state index is -0.521. The van der Waals surface area contributed by atoms with Gasteiger partial charge in [-0.1, -0.05) is 30.3 Å². The van der Waals surface area contributed by atoms with Crippen molar-refractivity contribution in [2.24, 2.45) is 0 Å². The second kappa shape index (κ2) is 7.42. The SMILES string of the molecule is O=C(c1ccc(=O)[nH]c1)N1CCN(CC(O)c2ccccc2)CC1. The van der Waals surface area contributed by atoms with Crippen molar-refractivity contribution >= 4 is 5.91 Å². The molecular formula is C18H21N3O3. The Morgan fingerprint density at radius 3 is 2.42 bits per heavy atom. The molecule has 1 amide bonds. The van der Waals surface area contributed by atoms with E-state index in [1.807, 2.05) is 30.3 Å². The zero-order valence-electron chi connectivity index (χ0n) is 13.4. The molecule has 126 valence electrons. The first-order chi connectivity index (χ1) is 11.6. The lowest BCUT2D eigenvalue weighted by atomic mass is 10.1. The molecule has 0 bridgehead atoms. The van der Waals surface area contributed by atoms with Crippen LogP contribution in [0.15, 0.2) is 53.5 Å². The van der Waals surface area contributed by atoms with Gasteiger partial charge >= 0.3 is 0 Å². The normalized spacial score (nSPS) is 16.8. The number of H-pyrrole nitrogens is 1. The number of pyridine rings is 1. The number of aromatic amines is 1. The minimum absolute atomic E-state index is 0.0745. The molecule has 2 heterocycles. The molecule has 1 unspecified atom stereocenters. The molecule has 2 N–H and O–H groups in total. The Kier molecular flexibility index (Phi) is 5.08. The Labute approximate surface area is 140 Å². The van der Waals surface area contributed by atoms with Gasteiger partial charge in [0.05, 0.1) is 11.7 Å². The maximum Gasteiger partial charge on any atom is 0.255 e. The van der Waals surface area contributed by atoms with Crippen molar-refractivity contribution in [1.29, 1.82) is 0 Å². The van der Waals surface area contributed by atoms with E-state index in [-0.39, 0.29) is 11.5 Å². The largest absolute Gasteiger partial charge is 0.387 e. The number of β-amino-alcohol motifs (C(OH)–C–C–N with tert-alkyl or cyclic N) is 1. The van der Waals surface area contributed by atoms with Gasteiger partial charge in [0.1, 0.15) is 0 Å². The summed E-state index contributed by atoms with van der Waals surface area (Å²) in [5.41, 5.74) is 1.18. The number of nitrogens with zero attached hydrogens (tertiary/aromatic N) is 2. The summed E-state index contributed by atoms with van der Waals surface area (Å²) in [6, 6.07) is 12.5. The summed E-state index contributed by atoms with van der Waals surface area (Å²) in [5, 5.41) is 10.3. The van der Waals surface area contributed by atoms with Crippen molar-refractivity contribution in [3.63, 3.8) is 0 Å². The summed E-state index contributed by atoms with van der Waals surface area (Å²) < 4.78 is 0. The van der Waals surface area contributed by atoms with Crippen LogP contribution < -0.4 is 5.56 Å². The predicted octanol–water partition coefficient (Wildman–Crippen LogP) is 0.866. The monoisotopic (exact) mass is 327 g/mol. The van der Waals surface area contributed by atoms with Crippen LogP contribution in [0.1, 0.15) is 22.0 Å². The molecule has 1 atom stereocenters. The summed E-state index contributed by atoms with van der Waals surface area (Å²) >= 11 is 0. The van der Waals surface area contributed by atoms with Crippen LogP contribution in [0.25, 0.3) is 0 Å². The maximum absolute atomic E-state index is 12.4. The molecule has 6 nitrogen and oxygen atoms in total. The highest BCUT2D eigenvalue weighted by Gasteiger charge is 2.23. The molecule has 6 heteroatoms. The number of aliphatic hydroxyl groups is 1. The average Bonchev–Trinajstić information content (AvgIpc) is 2.63. The molecule has 2 aromatic rings. The molecule has 1 aliphatic rings. The van der Waals surface area contributed by atoms with Crippen LogP contribution in [0.3, 0.4) is 0 Å². The van der Waals surface area contributed by atoms with E-state index >= 15 is 0 Å². The second-order valence-electron chi connectivity index (χ2n) is 5.96. The minimum Gasteiger partial charge on any atom is -0.387 e. The second-order valence-corrected chi connectivity index (χ2v) is 5.96. The van der Waals surface area contributed by atoms with Crippen LogP contribution in [0.5, 0.6) is 0 Å². The number of carbonyl (C=O) groups is 1. The molecule has 1 aromatic heterocycles. The van der Waals surface area contributed by atoms with Gasteiger partial charge < -0.3 is 15.0 Å². The third kappa shape index (κ3) is 3.90. The van der Waals surface area contributed by atoms with Crippen LogP contribution in [0, 0.1) is 0 Å². The van der Waals surface area contributed by atoms with Gasteiger partial charge in [-0.05, 0) is 11.6 Å². The van der Waals surface area contributed by atoms with Gasteiger partial charge in [0.15, 0.2) is 0 Å². The van der Waals surface area contributed by atoms with Gasteiger partial charge in [-0.15, -0.1) is 0 Å². The Hall–Kier alpha value is -2.44. The molecule has 1 aromatic carbocycles. The van der Waals surface area contributed by atoms with Gasteiger partial charge in [0, 0.05) is 45.0 Å². The number of rotatable bonds is 4. The van der Waals surface area contributed by atoms with Gasteiger partial charge in [0.25, 0.3) is 5.91 Å². The Balaban J connectivity index is 1.53. The number of benzene rings is 1. The molecule has 0 radical (unpaired) electrons. The number of piperazine rings is 1. The molecule has 24 heavy (non-hydrogen) atoms. The topological polar surface area (TPSA) is 76.6 Å². The lowest BCUT2D eigenvalue weighted by molar-refractivity contribution is 0.0527. The first kappa shape index (κ1) is 16.4. The Bertz CT molecular complexity index is 716. The van der Waals surface area contributed by atoms with Crippen LogP contribution in [-0.2, 0) is 0 Å². The summed E-state index contributed by atoms with van der Waals surface area (Å²) in [4.78, 5) is 29.9. The Morgan fingerprint density at radius 2 is 1.79 bits per heavy atom. The van der Waals surface area contributed by atoms with Crippen molar-refractivity contribution in [3.8, 4) is 0 Å². The fourth-order valence-corrected chi connectivity index (χ4v) is 2.88. The summed E-state index contributed by atoms with van der Waals surface area (Å²) in [6.45, 7) is 3.22. The van der Waals surface area contributed by atoms with E-state index in [4.69, 9.17) is 0 Å². The van der Waals surface area contributed by atoms with Crippen molar-refractivity contribution in [2.45, 2.75) is 6.10 Å². The molecule has 0 aliphatic carbocycles. The highest BCUT2D eigenvalue weighted by atomic mass is 16.3. The van der Waals surface area contributed by atoms with Crippen LogP contribution in [-0.4, -0.2) is 58.5 Å². The molecular weight excluding hydrogens is 306 g/mol.